The minimum Gasteiger partial charge on any atom is -0.457 e. The molecule has 0 unspecified atom stereocenters. The van der Waals surface area contributed by atoms with Crippen molar-refractivity contribution in [2.24, 2.45) is 0 Å². The Bertz CT molecular complexity index is 1140. The van der Waals surface area contributed by atoms with Crippen LogP contribution in [0.3, 0.4) is 0 Å². The minimum atomic E-state index is -0.631. The molecule has 0 fully saturated rings. The molecule has 2 amide bonds. The van der Waals surface area contributed by atoms with E-state index < -0.39 is 11.8 Å². The molecule has 30 heavy (non-hydrogen) atoms. The monoisotopic (exact) mass is 458 g/mol. The Kier molecular flexibility index (Phi) is 5.68. The summed E-state index contributed by atoms with van der Waals surface area (Å²) in [6.45, 7) is 0. The van der Waals surface area contributed by atoms with Gasteiger partial charge in [-0.15, -0.1) is 0 Å². The smallest absolute Gasteiger partial charge is 0.283 e. The maximum Gasteiger partial charge on any atom is 0.283 e. The Balaban J connectivity index is 1.54. The quantitative estimate of drug-likeness (QED) is 0.460. The van der Waals surface area contributed by atoms with Crippen molar-refractivity contribution in [3.63, 3.8) is 0 Å². The van der Waals surface area contributed by atoms with Crippen molar-refractivity contribution < 1.29 is 14.3 Å². The van der Waals surface area contributed by atoms with Crippen molar-refractivity contribution >= 4 is 58.0 Å². The molecular formula is C22H13Cl3N2O3. The summed E-state index contributed by atoms with van der Waals surface area (Å²) in [5.74, 6) is 0.0248. The standard InChI is InChI=1S/C22H13Cl3N2O3/c23-13-10-14(24)12-15(11-13)26-20-19(25)21(28)27(22(20)29)16-6-8-18(9-7-16)30-17-4-2-1-3-5-17/h1-12,26H. The third kappa shape index (κ3) is 4.14. The van der Waals surface area contributed by atoms with E-state index in [0.29, 0.717) is 32.9 Å². The summed E-state index contributed by atoms with van der Waals surface area (Å²) in [5.41, 5.74) is 0.754. The van der Waals surface area contributed by atoms with Crippen LogP contribution in [0.15, 0.2) is 83.5 Å². The second-order valence-electron chi connectivity index (χ2n) is 6.33. The molecule has 1 heterocycles. The van der Waals surface area contributed by atoms with Crippen molar-refractivity contribution in [2.45, 2.75) is 0 Å². The first-order chi connectivity index (χ1) is 14.4. The second-order valence-corrected chi connectivity index (χ2v) is 7.58. The second kappa shape index (κ2) is 8.40. The van der Waals surface area contributed by atoms with Gasteiger partial charge < -0.3 is 10.1 Å². The molecule has 0 aromatic heterocycles. The molecule has 1 aliphatic heterocycles. The lowest BCUT2D eigenvalue weighted by Crippen LogP contribution is -2.32. The summed E-state index contributed by atoms with van der Waals surface area (Å²) in [6, 6.07) is 20.5. The van der Waals surface area contributed by atoms with Crippen LogP contribution in [-0.4, -0.2) is 11.8 Å². The van der Waals surface area contributed by atoms with Crippen LogP contribution < -0.4 is 15.0 Å². The minimum absolute atomic E-state index is 0.0513. The van der Waals surface area contributed by atoms with Crippen LogP contribution in [0.4, 0.5) is 11.4 Å². The zero-order valence-electron chi connectivity index (χ0n) is 15.2. The van der Waals surface area contributed by atoms with E-state index in [1.54, 1.807) is 42.5 Å². The SMILES string of the molecule is O=C1C(Cl)=C(Nc2cc(Cl)cc(Cl)c2)C(=O)N1c1ccc(Oc2ccccc2)cc1. The van der Waals surface area contributed by atoms with Crippen molar-refractivity contribution in [1.82, 2.24) is 0 Å². The summed E-state index contributed by atoms with van der Waals surface area (Å²) in [5, 5.41) is 3.37. The molecule has 0 atom stereocenters. The number of benzene rings is 3. The summed E-state index contributed by atoms with van der Waals surface area (Å²) in [4.78, 5) is 26.5. The van der Waals surface area contributed by atoms with Crippen LogP contribution in [0.2, 0.25) is 10.0 Å². The van der Waals surface area contributed by atoms with Gasteiger partial charge in [-0.1, -0.05) is 53.0 Å². The maximum atomic E-state index is 12.9. The van der Waals surface area contributed by atoms with Crippen molar-refractivity contribution in [3.8, 4) is 11.5 Å². The molecular weight excluding hydrogens is 447 g/mol. The molecule has 0 bridgehead atoms. The molecule has 3 aromatic carbocycles. The molecule has 0 spiro atoms. The number of amides is 2. The van der Waals surface area contributed by atoms with E-state index in [1.165, 1.54) is 0 Å². The van der Waals surface area contributed by atoms with E-state index >= 15 is 0 Å². The number of nitrogens with one attached hydrogen (secondary N) is 1. The van der Waals surface area contributed by atoms with Crippen molar-refractivity contribution in [1.29, 1.82) is 0 Å². The number of ether oxygens (including phenoxy) is 1. The highest BCUT2D eigenvalue weighted by molar-refractivity contribution is 6.53. The van der Waals surface area contributed by atoms with E-state index in [2.05, 4.69) is 5.32 Å². The molecule has 150 valence electrons. The van der Waals surface area contributed by atoms with Gasteiger partial charge in [-0.25, -0.2) is 4.90 Å². The van der Waals surface area contributed by atoms with Crippen LogP contribution >= 0.6 is 34.8 Å². The van der Waals surface area contributed by atoms with Gasteiger partial charge in [-0.3, -0.25) is 9.59 Å². The van der Waals surface area contributed by atoms with Crippen LogP contribution in [0, 0.1) is 0 Å². The lowest BCUT2D eigenvalue weighted by molar-refractivity contribution is -0.120. The summed E-state index contributed by atoms with van der Waals surface area (Å²) >= 11 is 18.1. The number of carbonyl (C=O) groups excluding carboxylic acids is 2. The number of halogens is 3. The first-order valence-corrected chi connectivity index (χ1v) is 9.90. The van der Waals surface area contributed by atoms with Gasteiger partial charge in [0.25, 0.3) is 11.8 Å². The van der Waals surface area contributed by atoms with E-state index in [1.807, 2.05) is 30.3 Å². The highest BCUT2D eigenvalue weighted by atomic mass is 35.5. The molecule has 0 aliphatic carbocycles. The predicted octanol–water partition coefficient (Wildman–Crippen LogP) is 6.22. The maximum absolute atomic E-state index is 12.9. The molecule has 0 saturated carbocycles. The van der Waals surface area contributed by atoms with Gasteiger partial charge in [-0.05, 0) is 54.6 Å². The van der Waals surface area contributed by atoms with Crippen LogP contribution in [0.1, 0.15) is 0 Å². The van der Waals surface area contributed by atoms with Gasteiger partial charge in [0.05, 0.1) is 5.69 Å². The van der Waals surface area contributed by atoms with Gasteiger partial charge in [0.2, 0.25) is 0 Å². The molecule has 1 aliphatic rings. The molecule has 0 radical (unpaired) electrons. The number of imide groups is 1. The Morgan fingerprint density at radius 1 is 0.733 bits per heavy atom. The number of nitrogens with zero attached hydrogens (tertiary/aromatic N) is 1. The van der Waals surface area contributed by atoms with Crippen molar-refractivity contribution in [2.75, 3.05) is 10.2 Å². The third-order valence-corrected chi connectivity index (χ3v) is 5.02. The Hall–Kier alpha value is -2.99. The van der Waals surface area contributed by atoms with E-state index in [4.69, 9.17) is 39.5 Å². The largest absolute Gasteiger partial charge is 0.457 e. The molecule has 4 rings (SSSR count). The predicted molar refractivity (Wildman–Crippen MR) is 118 cm³/mol. The van der Waals surface area contributed by atoms with Crippen LogP contribution in [-0.2, 0) is 9.59 Å². The summed E-state index contributed by atoms with van der Waals surface area (Å²) in [7, 11) is 0. The molecule has 0 saturated heterocycles. The fourth-order valence-electron chi connectivity index (χ4n) is 2.90. The highest BCUT2D eigenvalue weighted by Crippen LogP contribution is 2.33. The molecule has 8 heteroatoms. The highest BCUT2D eigenvalue weighted by Gasteiger charge is 2.39. The number of rotatable bonds is 5. The summed E-state index contributed by atoms with van der Waals surface area (Å²) in [6.07, 6.45) is 0. The topological polar surface area (TPSA) is 58.6 Å². The van der Waals surface area contributed by atoms with E-state index in [0.717, 1.165) is 4.90 Å². The fraction of sp³-hybridized carbons (Fsp3) is 0. The number of hydrogen-bond donors (Lipinski definition) is 1. The number of hydrogen-bond acceptors (Lipinski definition) is 4. The molecule has 3 aromatic rings. The third-order valence-electron chi connectivity index (χ3n) is 4.23. The van der Waals surface area contributed by atoms with Gasteiger partial charge in [0.15, 0.2) is 0 Å². The number of carbonyl (C=O) groups is 2. The Morgan fingerprint density at radius 2 is 1.33 bits per heavy atom. The first kappa shape index (κ1) is 20.3. The van der Waals surface area contributed by atoms with Gasteiger partial charge in [0.1, 0.15) is 22.2 Å². The number of anilines is 2. The first-order valence-electron chi connectivity index (χ1n) is 8.77. The van der Waals surface area contributed by atoms with E-state index in [9.17, 15) is 9.59 Å². The van der Waals surface area contributed by atoms with Gasteiger partial charge in [-0.2, -0.15) is 0 Å². The fourth-order valence-corrected chi connectivity index (χ4v) is 3.64. The average molecular weight is 460 g/mol. The van der Waals surface area contributed by atoms with Crippen LogP contribution in [0.25, 0.3) is 0 Å². The average Bonchev–Trinajstić information content (AvgIpc) is 2.92. The summed E-state index contributed by atoms with van der Waals surface area (Å²) < 4.78 is 5.73. The number of para-hydroxylation sites is 1. The Labute approximate surface area is 187 Å². The van der Waals surface area contributed by atoms with Gasteiger partial charge >= 0.3 is 0 Å². The zero-order chi connectivity index (χ0) is 21.3. The van der Waals surface area contributed by atoms with Gasteiger partial charge in [0, 0.05) is 15.7 Å². The van der Waals surface area contributed by atoms with Crippen LogP contribution in [0.5, 0.6) is 11.5 Å². The molecule has 1 N–H and O–H groups in total. The normalized spacial score (nSPS) is 13.8. The van der Waals surface area contributed by atoms with E-state index in [-0.39, 0.29) is 10.7 Å². The molecule has 5 nitrogen and oxygen atoms in total. The van der Waals surface area contributed by atoms with Crippen molar-refractivity contribution in [3.05, 3.63) is 93.6 Å². The Morgan fingerprint density at radius 3 is 1.97 bits per heavy atom. The lowest BCUT2D eigenvalue weighted by Gasteiger charge is -2.16. The lowest BCUT2D eigenvalue weighted by atomic mass is 10.2. The zero-order valence-corrected chi connectivity index (χ0v) is 17.5.